The monoisotopic (exact) mass is 277 g/mol. The summed E-state index contributed by atoms with van der Waals surface area (Å²) < 4.78 is 0. The Balaban J connectivity index is 1.77. The molecule has 0 atom stereocenters. The molecule has 0 bridgehead atoms. The van der Waals surface area contributed by atoms with E-state index in [0.717, 1.165) is 11.8 Å². The van der Waals surface area contributed by atoms with Crippen molar-refractivity contribution >= 4 is 0 Å². The zero-order chi connectivity index (χ0) is 14.6. The molecule has 116 valence electrons. The lowest BCUT2D eigenvalue weighted by molar-refractivity contribution is 0.162. The van der Waals surface area contributed by atoms with Crippen molar-refractivity contribution in [3.8, 4) is 0 Å². The van der Waals surface area contributed by atoms with Crippen LogP contribution in [0.5, 0.6) is 0 Å². The summed E-state index contributed by atoms with van der Waals surface area (Å²) in [5.74, 6) is 1.80. The zero-order valence-electron chi connectivity index (χ0n) is 14.3. The minimum absolute atomic E-state index is 0.511. The Morgan fingerprint density at radius 2 is 1.60 bits per heavy atom. The predicted octanol–water partition coefficient (Wildman–Crippen LogP) is 5.27. The average Bonchev–Trinajstić information content (AvgIpc) is 2.39. The molecular formula is C19H35N. The first-order valence-electron chi connectivity index (χ1n) is 8.85. The first kappa shape index (κ1) is 16.1. The minimum atomic E-state index is 0.511. The zero-order valence-corrected chi connectivity index (χ0v) is 14.3. The second-order valence-corrected chi connectivity index (χ2v) is 8.33. The highest BCUT2D eigenvalue weighted by molar-refractivity contribution is 5.05. The maximum Gasteiger partial charge on any atom is 0.0190 e. The summed E-state index contributed by atoms with van der Waals surface area (Å²) in [4.78, 5) is 2.65. The SMILES string of the molecule is CC(=CC1CCC(C(C)(C)C)CC1)CN1CCCCC1. The molecule has 20 heavy (non-hydrogen) atoms. The van der Waals surface area contributed by atoms with Crippen LogP contribution in [0.4, 0.5) is 0 Å². The van der Waals surface area contributed by atoms with Crippen molar-refractivity contribution in [2.24, 2.45) is 17.3 Å². The third-order valence-electron chi connectivity index (χ3n) is 5.44. The highest BCUT2D eigenvalue weighted by Gasteiger charge is 2.28. The van der Waals surface area contributed by atoms with Gasteiger partial charge in [-0.05, 0) is 75.8 Å². The molecule has 0 amide bonds. The van der Waals surface area contributed by atoms with E-state index in [0.29, 0.717) is 5.41 Å². The fraction of sp³-hybridized carbons (Fsp3) is 0.895. The van der Waals surface area contributed by atoms with Gasteiger partial charge in [-0.2, -0.15) is 0 Å². The average molecular weight is 277 g/mol. The summed E-state index contributed by atoms with van der Waals surface area (Å²) >= 11 is 0. The van der Waals surface area contributed by atoms with Gasteiger partial charge in [0, 0.05) is 6.54 Å². The van der Waals surface area contributed by atoms with Crippen LogP contribution < -0.4 is 0 Å². The van der Waals surface area contributed by atoms with Gasteiger partial charge in [-0.15, -0.1) is 0 Å². The normalized spacial score (nSPS) is 30.5. The predicted molar refractivity (Wildman–Crippen MR) is 89.0 cm³/mol. The highest BCUT2D eigenvalue weighted by atomic mass is 15.1. The lowest BCUT2D eigenvalue weighted by Crippen LogP contribution is -2.31. The minimum Gasteiger partial charge on any atom is -0.299 e. The maximum absolute atomic E-state index is 2.65. The van der Waals surface area contributed by atoms with Crippen LogP contribution in [0.1, 0.15) is 72.6 Å². The van der Waals surface area contributed by atoms with Gasteiger partial charge in [-0.3, -0.25) is 4.90 Å². The van der Waals surface area contributed by atoms with Gasteiger partial charge in [0.05, 0.1) is 0 Å². The molecule has 0 aromatic heterocycles. The lowest BCUT2D eigenvalue weighted by atomic mass is 9.69. The Kier molecular flexibility index (Phi) is 5.72. The summed E-state index contributed by atoms with van der Waals surface area (Å²) in [6.45, 7) is 13.5. The summed E-state index contributed by atoms with van der Waals surface area (Å²) in [7, 11) is 0. The van der Waals surface area contributed by atoms with Crippen molar-refractivity contribution in [1.82, 2.24) is 4.90 Å². The molecule has 2 fully saturated rings. The molecule has 0 spiro atoms. The Morgan fingerprint density at radius 3 is 2.15 bits per heavy atom. The third kappa shape index (κ3) is 4.91. The highest BCUT2D eigenvalue weighted by Crippen LogP contribution is 2.40. The molecule has 2 rings (SSSR count). The van der Waals surface area contributed by atoms with E-state index >= 15 is 0 Å². The van der Waals surface area contributed by atoms with Gasteiger partial charge < -0.3 is 0 Å². The van der Waals surface area contributed by atoms with E-state index in [1.165, 1.54) is 64.6 Å². The molecule has 1 saturated heterocycles. The molecule has 1 heterocycles. The van der Waals surface area contributed by atoms with Crippen LogP contribution in [0.15, 0.2) is 11.6 Å². The molecule has 1 nitrogen and oxygen atoms in total. The van der Waals surface area contributed by atoms with E-state index in [1.54, 1.807) is 5.57 Å². The molecule has 0 aromatic rings. The second kappa shape index (κ2) is 7.11. The van der Waals surface area contributed by atoms with Crippen molar-refractivity contribution in [3.63, 3.8) is 0 Å². The van der Waals surface area contributed by atoms with Crippen LogP contribution in [0.2, 0.25) is 0 Å². The van der Waals surface area contributed by atoms with Gasteiger partial charge in [0.15, 0.2) is 0 Å². The Bertz CT molecular complexity index is 309. The van der Waals surface area contributed by atoms with E-state index in [9.17, 15) is 0 Å². The third-order valence-corrected chi connectivity index (χ3v) is 5.44. The standard InChI is InChI=1S/C19H35N/c1-16(15-20-12-6-5-7-13-20)14-17-8-10-18(11-9-17)19(2,3)4/h14,17-18H,5-13,15H2,1-4H3. The van der Waals surface area contributed by atoms with Crippen molar-refractivity contribution in [3.05, 3.63) is 11.6 Å². The first-order valence-corrected chi connectivity index (χ1v) is 8.85. The van der Waals surface area contributed by atoms with Gasteiger partial charge >= 0.3 is 0 Å². The van der Waals surface area contributed by atoms with E-state index in [1.807, 2.05) is 0 Å². The van der Waals surface area contributed by atoms with Gasteiger partial charge in [0.1, 0.15) is 0 Å². The smallest absolute Gasteiger partial charge is 0.0190 e. The van der Waals surface area contributed by atoms with Gasteiger partial charge in [0.2, 0.25) is 0 Å². The van der Waals surface area contributed by atoms with Gasteiger partial charge in [-0.1, -0.05) is 38.8 Å². The first-order chi connectivity index (χ1) is 9.45. The number of allylic oxidation sites excluding steroid dienone is 1. The van der Waals surface area contributed by atoms with Crippen molar-refractivity contribution in [1.29, 1.82) is 0 Å². The molecule has 1 heteroatoms. The van der Waals surface area contributed by atoms with Crippen LogP contribution in [0, 0.1) is 17.3 Å². The lowest BCUT2D eigenvalue weighted by Gasteiger charge is -2.36. The molecule has 1 aliphatic carbocycles. The summed E-state index contributed by atoms with van der Waals surface area (Å²) in [5.41, 5.74) is 2.13. The van der Waals surface area contributed by atoms with E-state index in [-0.39, 0.29) is 0 Å². The van der Waals surface area contributed by atoms with Gasteiger partial charge in [-0.25, -0.2) is 0 Å². The van der Waals surface area contributed by atoms with Crippen molar-refractivity contribution in [2.45, 2.75) is 72.6 Å². The summed E-state index contributed by atoms with van der Waals surface area (Å²) in [6.07, 6.45) is 12.6. The molecule has 0 radical (unpaired) electrons. The van der Waals surface area contributed by atoms with Crippen LogP contribution >= 0.6 is 0 Å². The number of hydrogen-bond donors (Lipinski definition) is 0. The van der Waals surface area contributed by atoms with Crippen LogP contribution in [-0.4, -0.2) is 24.5 Å². The molecule has 2 aliphatic rings. The molecule has 0 N–H and O–H groups in total. The van der Waals surface area contributed by atoms with Crippen LogP contribution in [0.3, 0.4) is 0 Å². The number of hydrogen-bond acceptors (Lipinski definition) is 1. The van der Waals surface area contributed by atoms with Gasteiger partial charge in [0.25, 0.3) is 0 Å². The quantitative estimate of drug-likeness (QED) is 0.635. The van der Waals surface area contributed by atoms with E-state index in [4.69, 9.17) is 0 Å². The molecular weight excluding hydrogens is 242 g/mol. The molecule has 1 aliphatic heterocycles. The Hall–Kier alpha value is -0.300. The molecule has 0 unspecified atom stereocenters. The molecule has 0 aromatic carbocycles. The maximum atomic E-state index is 2.65. The number of rotatable bonds is 3. The summed E-state index contributed by atoms with van der Waals surface area (Å²) in [6, 6.07) is 0. The van der Waals surface area contributed by atoms with Crippen molar-refractivity contribution < 1.29 is 0 Å². The largest absolute Gasteiger partial charge is 0.299 e. The Labute approximate surface area is 126 Å². The van der Waals surface area contributed by atoms with Crippen molar-refractivity contribution in [2.75, 3.05) is 19.6 Å². The Morgan fingerprint density at radius 1 is 1.00 bits per heavy atom. The fourth-order valence-electron chi connectivity index (χ4n) is 4.08. The summed E-state index contributed by atoms with van der Waals surface area (Å²) in [5, 5.41) is 0. The topological polar surface area (TPSA) is 3.24 Å². The number of likely N-dealkylation sites (tertiary alicyclic amines) is 1. The van der Waals surface area contributed by atoms with E-state index < -0.39 is 0 Å². The van der Waals surface area contributed by atoms with Crippen LogP contribution in [0.25, 0.3) is 0 Å². The fourth-order valence-corrected chi connectivity index (χ4v) is 4.08. The van der Waals surface area contributed by atoms with E-state index in [2.05, 4.69) is 38.7 Å². The van der Waals surface area contributed by atoms with Crippen LogP contribution in [-0.2, 0) is 0 Å². The molecule has 1 saturated carbocycles. The number of piperidine rings is 1. The number of nitrogens with zero attached hydrogens (tertiary/aromatic N) is 1. The second-order valence-electron chi connectivity index (χ2n) is 8.33.